The van der Waals surface area contributed by atoms with Crippen molar-refractivity contribution in [1.82, 2.24) is 0 Å². The van der Waals surface area contributed by atoms with E-state index >= 15 is 0 Å². The van der Waals surface area contributed by atoms with Crippen LogP contribution in [-0.4, -0.2) is 18.0 Å². The van der Waals surface area contributed by atoms with E-state index in [1.54, 1.807) is 24.1 Å². The number of nitrogens with zero attached hydrogens (tertiary/aromatic N) is 2. The Hall–Kier alpha value is -1.84. The minimum atomic E-state index is 0.0624. The normalized spacial score (nSPS) is 15.9. The third-order valence-electron chi connectivity index (χ3n) is 2.14. The highest BCUT2D eigenvalue weighted by molar-refractivity contribution is 6.42. The second-order valence-corrected chi connectivity index (χ2v) is 3.26. The van der Waals surface area contributed by atoms with Crippen LogP contribution in [0.4, 0.5) is 11.4 Å². The van der Waals surface area contributed by atoms with Crippen LogP contribution in [-0.2, 0) is 4.79 Å². The van der Waals surface area contributed by atoms with E-state index in [4.69, 9.17) is 5.73 Å². The molecule has 2 rings (SSSR count). The summed E-state index contributed by atoms with van der Waals surface area (Å²) in [5.41, 5.74) is 7.72. The molecule has 14 heavy (non-hydrogen) atoms. The van der Waals surface area contributed by atoms with E-state index in [1.807, 2.05) is 12.1 Å². The molecule has 0 saturated carbocycles. The summed E-state index contributed by atoms with van der Waals surface area (Å²) in [6.45, 7) is 2.03. The number of hydrazone groups is 1. The van der Waals surface area contributed by atoms with E-state index < -0.39 is 0 Å². The maximum Gasteiger partial charge on any atom is 0.199 e. The first-order chi connectivity index (χ1) is 6.66. The van der Waals surface area contributed by atoms with Gasteiger partial charge in [-0.3, -0.25) is 9.80 Å². The number of benzene rings is 1. The second kappa shape index (κ2) is 3.14. The molecule has 0 saturated heterocycles. The van der Waals surface area contributed by atoms with Gasteiger partial charge in [-0.1, -0.05) is 6.07 Å². The Morgan fingerprint density at radius 1 is 1.50 bits per heavy atom. The number of Topliss-reactive ketones (excluding diaryl/α,β-unsaturated/α-hetero) is 1. The van der Waals surface area contributed by atoms with E-state index in [0.717, 1.165) is 5.69 Å². The summed E-state index contributed by atoms with van der Waals surface area (Å²) >= 11 is 0. The van der Waals surface area contributed by atoms with E-state index in [0.29, 0.717) is 17.9 Å². The zero-order valence-corrected chi connectivity index (χ0v) is 7.90. The second-order valence-electron chi connectivity index (χ2n) is 3.26. The van der Waals surface area contributed by atoms with Crippen LogP contribution in [0.15, 0.2) is 29.4 Å². The van der Waals surface area contributed by atoms with E-state index in [2.05, 4.69) is 5.10 Å². The van der Waals surface area contributed by atoms with Crippen LogP contribution in [0.2, 0.25) is 0 Å². The molecule has 0 aromatic heterocycles. The summed E-state index contributed by atoms with van der Waals surface area (Å²) in [5.74, 6) is 0.0624. The molecule has 0 spiro atoms. The molecule has 1 aliphatic rings. The molecule has 1 aromatic rings. The van der Waals surface area contributed by atoms with Gasteiger partial charge in [0.15, 0.2) is 5.78 Å². The van der Waals surface area contributed by atoms with Crippen LogP contribution >= 0.6 is 0 Å². The lowest BCUT2D eigenvalue weighted by Crippen LogP contribution is -2.17. The molecule has 4 heteroatoms. The zero-order valence-electron chi connectivity index (χ0n) is 7.90. The van der Waals surface area contributed by atoms with E-state index in [1.165, 1.54) is 0 Å². The predicted molar refractivity (Wildman–Crippen MR) is 56.3 cm³/mol. The SMILES string of the molecule is CC1=NN(c2cccc(N)c2)CC1=O. The third kappa shape index (κ3) is 1.46. The Labute approximate surface area is 82.0 Å². The Morgan fingerprint density at radius 3 is 2.86 bits per heavy atom. The van der Waals surface area contributed by atoms with Crippen molar-refractivity contribution in [1.29, 1.82) is 0 Å². The summed E-state index contributed by atoms with van der Waals surface area (Å²) in [6.07, 6.45) is 0. The fraction of sp³-hybridized carbons (Fsp3) is 0.200. The average Bonchev–Trinajstić information content (AvgIpc) is 2.47. The maximum atomic E-state index is 11.2. The lowest BCUT2D eigenvalue weighted by atomic mass is 10.2. The number of hydrogen-bond acceptors (Lipinski definition) is 4. The van der Waals surface area contributed by atoms with Crippen LogP contribution in [0, 0.1) is 0 Å². The summed E-state index contributed by atoms with van der Waals surface area (Å²) in [4.78, 5) is 11.2. The predicted octanol–water partition coefficient (Wildman–Crippen LogP) is 1.03. The van der Waals surface area contributed by atoms with E-state index in [-0.39, 0.29) is 5.78 Å². The van der Waals surface area contributed by atoms with Gasteiger partial charge in [-0.15, -0.1) is 0 Å². The van der Waals surface area contributed by atoms with Crippen molar-refractivity contribution in [2.45, 2.75) is 6.92 Å². The highest BCUT2D eigenvalue weighted by Gasteiger charge is 2.20. The molecule has 72 valence electrons. The van der Waals surface area contributed by atoms with E-state index in [9.17, 15) is 4.79 Å². The molecule has 0 unspecified atom stereocenters. The summed E-state index contributed by atoms with van der Waals surface area (Å²) < 4.78 is 0. The zero-order chi connectivity index (χ0) is 10.1. The van der Waals surface area contributed by atoms with Crippen molar-refractivity contribution in [3.8, 4) is 0 Å². The largest absolute Gasteiger partial charge is 0.399 e. The number of ketones is 1. The Balaban J connectivity index is 2.30. The van der Waals surface area contributed by atoms with Crippen LogP contribution < -0.4 is 10.7 Å². The van der Waals surface area contributed by atoms with Crippen molar-refractivity contribution in [2.24, 2.45) is 5.10 Å². The van der Waals surface area contributed by atoms with Gasteiger partial charge in [-0.05, 0) is 25.1 Å². The molecule has 0 fully saturated rings. The van der Waals surface area contributed by atoms with Crippen molar-refractivity contribution < 1.29 is 4.79 Å². The first-order valence-electron chi connectivity index (χ1n) is 4.38. The summed E-state index contributed by atoms with van der Waals surface area (Å²) in [5, 5.41) is 5.79. The van der Waals surface area contributed by atoms with Gasteiger partial charge in [0.2, 0.25) is 0 Å². The van der Waals surface area contributed by atoms with Crippen LogP contribution in [0.25, 0.3) is 0 Å². The molecule has 1 heterocycles. The molecule has 2 N–H and O–H groups in total. The quantitative estimate of drug-likeness (QED) is 0.671. The highest BCUT2D eigenvalue weighted by Crippen LogP contribution is 2.20. The van der Waals surface area contributed by atoms with Crippen LogP contribution in [0.3, 0.4) is 0 Å². The van der Waals surface area contributed by atoms with Gasteiger partial charge in [-0.2, -0.15) is 5.10 Å². The summed E-state index contributed by atoms with van der Waals surface area (Å²) in [6, 6.07) is 7.33. The van der Waals surface area contributed by atoms with Gasteiger partial charge in [0.25, 0.3) is 0 Å². The minimum Gasteiger partial charge on any atom is -0.399 e. The number of nitrogens with two attached hydrogens (primary N) is 1. The first kappa shape index (κ1) is 8.74. The fourth-order valence-corrected chi connectivity index (χ4v) is 1.36. The molecule has 0 atom stereocenters. The number of nitrogen functional groups attached to an aromatic ring is 1. The van der Waals surface area contributed by atoms with Crippen molar-refractivity contribution in [3.63, 3.8) is 0 Å². The molecule has 0 aliphatic carbocycles. The molecular weight excluding hydrogens is 178 g/mol. The van der Waals surface area contributed by atoms with Gasteiger partial charge in [0, 0.05) is 5.69 Å². The molecule has 0 amide bonds. The molecule has 0 radical (unpaired) electrons. The Bertz CT molecular complexity index is 412. The Morgan fingerprint density at radius 2 is 2.29 bits per heavy atom. The number of carbonyl (C=O) groups excluding carboxylic acids is 1. The van der Waals surface area contributed by atoms with Gasteiger partial charge < -0.3 is 5.73 Å². The first-order valence-corrected chi connectivity index (χ1v) is 4.38. The van der Waals surface area contributed by atoms with Crippen molar-refractivity contribution in [2.75, 3.05) is 17.3 Å². The third-order valence-corrected chi connectivity index (χ3v) is 2.14. The standard InChI is InChI=1S/C10H11N3O/c1-7-10(14)6-13(12-7)9-4-2-3-8(11)5-9/h2-5H,6,11H2,1H3. The highest BCUT2D eigenvalue weighted by atomic mass is 16.1. The lowest BCUT2D eigenvalue weighted by molar-refractivity contribution is -0.111. The monoisotopic (exact) mass is 189 g/mol. The summed E-state index contributed by atoms with van der Waals surface area (Å²) in [7, 11) is 0. The van der Waals surface area contributed by atoms with Gasteiger partial charge in [0.05, 0.1) is 5.69 Å². The maximum absolute atomic E-state index is 11.2. The molecule has 4 nitrogen and oxygen atoms in total. The number of carbonyl (C=O) groups is 1. The average molecular weight is 189 g/mol. The molecule has 1 aliphatic heterocycles. The van der Waals surface area contributed by atoms with Crippen LogP contribution in [0.1, 0.15) is 6.92 Å². The number of anilines is 2. The minimum absolute atomic E-state index is 0.0624. The van der Waals surface area contributed by atoms with Gasteiger partial charge in [-0.25, -0.2) is 0 Å². The number of hydrogen-bond donors (Lipinski definition) is 1. The van der Waals surface area contributed by atoms with Gasteiger partial charge in [0.1, 0.15) is 12.3 Å². The molecule has 0 bridgehead atoms. The lowest BCUT2D eigenvalue weighted by Gasteiger charge is -2.12. The van der Waals surface area contributed by atoms with Gasteiger partial charge >= 0.3 is 0 Å². The molecular formula is C10H11N3O. The molecule has 1 aromatic carbocycles. The Kier molecular flexibility index (Phi) is 1.96. The van der Waals surface area contributed by atoms with Crippen molar-refractivity contribution in [3.05, 3.63) is 24.3 Å². The smallest absolute Gasteiger partial charge is 0.199 e. The topological polar surface area (TPSA) is 58.7 Å². The fourth-order valence-electron chi connectivity index (χ4n) is 1.36. The van der Waals surface area contributed by atoms with Crippen molar-refractivity contribution >= 4 is 22.9 Å². The number of rotatable bonds is 1. The van der Waals surface area contributed by atoms with Crippen LogP contribution in [0.5, 0.6) is 0 Å².